The average molecular weight is 515 g/mol. The third kappa shape index (κ3) is 8.22. The molecule has 2 amide bonds. The Morgan fingerprint density at radius 2 is 1.57 bits per heavy atom. The van der Waals surface area contributed by atoms with Crippen molar-refractivity contribution in [1.82, 2.24) is 10.2 Å². The van der Waals surface area contributed by atoms with Crippen LogP contribution in [-0.2, 0) is 28.3 Å². The lowest BCUT2D eigenvalue weighted by atomic mass is 10.0. The van der Waals surface area contributed by atoms with E-state index in [1.165, 1.54) is 11.1 Å². The lowest BCUT2D eigenvalue weighted by Gasteiger charge is -2.32. The normalized spacial score (nSPS) is 14.3. The standard InChI is InChI=1S/C32H38N2O2S/c1-24-15-17-27(18-16-24)22-37-23-31(35)34(21-28-12-8-9-25(2)19-28)30(20-26-10-4-3-5-11-26)32(36)33-29-13-6-7-14-29/h3-5,8-12,15-19,29-30H,6-7,13-14,20-23H2,1-2H3,(H,33,36)/t30-/m1/s1. The molecular formula is C32H38N2O2S. The zero-order valence-corrected chi connectivity index (χ0v) is 22.8. The summed E-state index contributed by atoms with van der Waals surface area (Å²) in [5.41, 5.74) is 5.68. The molecular weight excluding hydrogens is 476 g/mol. The van der Waals surface area contributed by atoms with Crippen LogP contribution in [0.1, 0.15) is 53.5 Å². The van der Waals surface area contributed by atoms with E-state index in [0.717, 1.165) is 48.1 Å². The highest BCUT2D eigenvalue weighted by Crippen LogP contribution is 2.21. The smallest absolute Gasteiger partial charge is 0.243 e. The van der Waals surface area contributed by atoms with Gasteiger partial charge in [-0.2, -0.15) is 0 Å². The van der Waals surface area contributed by atoms with Crippen LogP contribution in [0.3, 0.4) is 0 Å². The van der Waals surface area contributed by atoms with Crippen molar-refractivity contribution in [3.05, 3.63) is 107 Å². The first-order valence-corrected chi connectivity index (χ1v) is 14.5. The second-order valence-corrected chi connectivity index (χ2v) is 11.2. The Balaban J connectivity index is 1.56. The van der Waals surface area contributed by atoms with Crippen LogP contribution in [0.5, 0.6) is 0 Å². The Bertz CT molecular complexity index is 1160. The molecule has 1 fully saturated rings. The molecule has 0 radical (unpaired) electrons. The SMILES string of the molecule is Cc1ccc(CSCC(=O)N(Cc2cccc(C)c2)[C@H](Cc2ccccc2)C(=O)NC2CCCC2)cc1. The van der Waals surface area contributed by atoms with Gasteiger partial charge >= 0.3 is 0 Å². The molecule has 0 aliphatic heterocycles. The van der Waals surface area contributed by atoms with E-state index in [1.807, 2.05) is 47.4 Å². The van der Waals surface area contributed by atoms with Crippen LogP contribution in [0.4, 0.5) is 0 Å². The van der Waals surface area contributed by atoms with E-state index in [9.17, 15) is 9.59 Å². The molecule has 5 heteroatoms. The first-order valence-electron chi connectivity index (χ1n) is 13.3. The van der Waals surface area contributed by atoms with Crippen LogP contribution in [-0.4, -0.2) is 34.6 Å². The van der Waals surface area contributed by atoms with Gasteiger partial charge in [0.25, 0.3) is 0 Å². The zero-order chi connectivity index (χ0) is 26.0. The third-order valence-electron chi connectivity index (χ3n) is 7.02. The number of nitrogens with zero attached hydrogens (tertiary/aromatic N) is 1. The maximum atomic E-state index is 13.8. The summed E-state index contributed by atoms with van der Waals surface area (Å²) in [6.07, 6.45) is 4.83. The summed E-state index contributed by atoms with van der Waals surface area (Å²) in [6.45, 7) is 4.55. The van der Waals surface area contributed by atoms with E-state index in [2.05, 4.69) is 55.6 Å². The second-order valence-electron chi connectivity index (χ2n) is 10.2. The van der Waals surface area contributed by atoms with E-state index in [0.29, 0.717) is 18.7 Å². The fraction of sp³-hybridized carbons (Fsp3) is 0.375. The third-order valence-corrected chi connectivity index (χ3v) is 8.01. The van der Waals surface area contributed by atoms with Crippen molar-refractivity contribution in [3.8, 4) is 0 Å². The largest absolute Gasteiger partial charge is 0.352 e. The summed E-state index contributed by atoms with van der Waals surface area (Å²) >= 11 is 1.61. The topological polar surface area (TPSA) is 49.4 Å². The fourth-order valence-electron chi connectivity index (χ4n) is 4.95. The van der Waals surface area contributed by atoms with Crippen LogP contribution in [0.2, 0.25) is 0 Å². The van der Waals surface area contributed by atoms with Crippen LogP contribution >= 0.6 is 11.8 Å². The molecule has 3 aromatic rings. The summed E-state index contributed by atoms with van der Waals surface area (Å²) in [7, 11) is 0. The van der Waals surface area contributed by atoms with Crippen LogP contribution in [0.25, 0.3) is 0 Å². The molecule has 1 saturated carbocycles. The van der Waals surface area contributed by atoms with E-state index >= 15 is 0 Å². The Hall–Kier alpha value is -3.05. The van der Waals surface area contributed by atoms with Gasteiger partial charge in [0, 0.05) is 24.8 Å². The molecule has 0 spiro atoms. The summed E-state index contributed by atoms with van der Waals surface area (Å²) in [4.78, 5) is 29.3. The van der Waals surface area contributed by atoms with E-state index in [-0.39, 0.29) is 17.9 Å². The van der Waals surface area contributed by atoms with Gasteiger partial charge in [-0.1, -0.05) is 103 Å². The van der Waals surface area contributed by atoms with Crippen LogP contribution in [0, 0.1) is 13.8 Å². The molecule has 0 saturated heterocycles. The first-order chi connectivity index (χ1) is 18.0. The molecule has 0 unspecified atom stereocenters. The number of nitrogens with one attached hydrogen (secondary N) is 1. The van der Waals surface area contributed by atoms with Gasteiger partial charge in [0.1, 0.15) is 6.04 Å². The second kappa shape index (κ2) is 13.5. The van der Waals surface area contributed by atoms with Gasteiger partial charge in [-0.15, -0.1) is 11.8 Å². The minimum Gasteiger partial charge on any atom is -0.352 e. The van der Waals surface area contributed by atoms with Crippen molar-refractivity contribution < 1.29 is 9.59 Å². The number of aryl methyl sites for hydroxylation is 2. The van der Waals surface area contributed by atoms with Crippen molar-refractivity contribution in [1.29, 1.82) is 0 Å². The summed E-state index contributed by atoms with van der Waals surface area (Å²) in [6, 6.07) is 26.3. The van der Waals surface area contributed by atoms with Gasteiger partial charge in [-0.05, 0) is 43.4 Å². The summed E-state index contributed by atoms with van der Waals surface area (Å²) < 4.78 is 0. The summed E-state index contributed by atoms with van der Waals surface area (Å²) in [5, 5.41) is 3.28. The average Bonchev–Trinajstić information content (AvgIpc) is 3.41. The predicted octanol–water partition coefficient (Wildman–Crippen LogP) is 6.24. The van der Waals surface area contributed by atoms with Crippen molar-refractivity contribution in [2.45, 2.75) is 70.3 Å². The monoisotopic (exact) mass is 514 g/mol. The molecule has 0 heterocycles. The molecule has 1 aliphatic carbocycles. The molecule has 4 nitrogen and oxygen atoms in total. The lowest BCUT2D eigenvalue weighted by Crippen LogP contribution is -2.52. The number of carbonyl (C=O) groups excluding carboxylic acids is 2. The molecule has 1 N–H and O–H groups in total. The number of hydrogen-bond donors (Lipinski definition) is 1. The Morgan fingerprint density at radius 1 is 0.865 bits per heavy atom. The molecule has 194 valence electrons. The van der Waals surface area contributed by atoms with Gasteiger partial charge in [0.05, 0.1) is 5.75 Å². The molecule has 0 bridgehead atoms. The van der Waals surface area contributed by atoms with Gasteiger partial charge in [-0.3, -0.25) is 9.59 Å². The Morgan fingerprint density at radius 3 is 2.27 bits per heavy atom. The van der Waals surface area contributed by atoms with E-state index < -0.39 is 6.04 Å². The van der Waals surface area contributed by atoms with Crippen LogP contribution in [0.15, 0.2) is 78.9 Å². The number of amides is 2. The van der Waals surface area contributed by atoms with Crippen molar-refractivity contribution >= 4 is 23.6 Å². The highest BCUT2D eigenvalue weighted by Gasteiger charge is 2.32. The molecule has 1 aliphatic rings. The highest BCUT2D eigenvalue weighted by atomic mass is 32.2. The minimum atomic E-state index is -0.559. The molecule has 3 aromatic carbocycles. The zero-order valence-electron chi connectivity index (χ0n) is 22.0. The predicted molar refractivity (Wildman–Crippen MR) is 153 cm³/mol. The van der Waals surface area contributed by atoms with Crippen LogP contribution < -0.4 is 5.32 Å². The van der Waals surface area contributed by atoms with Gasteiger partial charge in [-0.25, -0.2) is 0 Å². The minimum absolute atomic E-state index is 0.00104. The quantitative estimate of drug-likeness (QED) is 0.330. The number of thioether (sulfide) groups is 1. The number of benzene rings is 3. The van der Waals surface area contributed by atoms with E-state index in [1.54, 1.807) is 11.8 Å². The van der Waals surface area contributed by atoms with Gasteiger partial charge in [0.2, 0.25) is 11.8 Å². The highest BCUT2D eigenvalue weighted by molar-refractivity contribution is 7.99. The van der Waals surface area contributed by atoms with Crippen molar-refractivity contribution in [2.75, 3.05) is 5.75 Å². The maximum absolute atomic E-state index is 13.8. The van der Waals surface area contributed by atoms with E-state index in [4.69, 9.17) is 0 Å². The fourth-order valence-corrected chi connectivity index (χ4v) is 5.82. The summed E-state index contributed by atoms with van der Waals surface area (Å²) in [5.74, 6) is 1.06. The molecule has 4 rings (SSSR count). The number of carbonyl (C=O) groups is 2. The maximum Gasteiger partial charge on any atom is 0.243 e. The van der Waals surface area contributed by atoms with Gasteiger partial charge in [0.15, 0.2) is 0 Å². The molecule has 1 atom stereocenters. The first kappa shape index (κ1) is 27.0. The van der Waals surface area contributed by atoms with Crippen molar-refractivity contribution in [2.24, 2.45) is 0 Å². The lowest BCUT2D eigenvalue weighted by molar-refractivity contribution is -0.139. The number of rotatable bonds is 11. The molecule has 37 heavy (non-hydrogen) atoms. The van der Waals surface area contributed by atoms with Gasteiger partial charge < -0.3 is 10.2 Å². The number of hydrogen-bond acceptors (Lipinski definition) is 3. The van der Waals surface area contributed by atoms with Crippen molar-refractivity contribution in [3.63, 3.8) is 0 Å². The Kier molecular flexibility index (Phi) is 9.84. The molecule has 0 aromatic heterocycles. The Labute approximate surface area is 225 Å².